The van der Waals surface area contributed by atoms with Crippen molar-refractivity contribution in [3.63, 3.8) is 0 Å². The fraction of sp³-hybridized carbons (Fsp3) is 0.438. The maximum absolute atomic E-state index is 11.8. The monoisotopic (exact) mass is 335 g/mol. The highest BCUT2D eigenvalue weighted by Gasteiger charge is 2.13. The van der Waals surface area contributed by atoms with Gasteiger partial charge in [-0.2, -0.15) is 0 Å². The highest BCUT2D eigenvalue weighted by Crippen LogP contribution is 2.26. The number of ether oxygens (including phenoxy) is 2. The molecule has 130 valence electrons. The van der Waals surface area contributed by atoms with E-state index in [4.69, 9.17) is 9.47 Å². The van der Waals surface area contributed by atoms with Crippen molar-refractivity contribution in [2.45, 2.75) is 6.92 Å². The number of carbonyl (C=O) groups excluding carboxylic acids is 3. The van der Waals surface area contributed by atoms with Crippen LogP contribution in [-0.4, -0.2) is 62.0 Å². The fourth-order valence-electron chi connectivity index (χ4n) is 2.16. The molecule has 0 aromatic heterocycles. The Morgan fingerprint density at radius 1 is 0.958 bits per heavy atom. The van der Waals surface area contributed by atoms with Crippen molar-refractivity contribution in [3.05, 3.63) is 24.3 Å². The molecule has 2 rings (SSSR count). The first-order chi connectivity index (χ1) is 11.6. The summed E-state index contributed by atoms with van der Waals surface area (Å²) in [5.41, 5.74) is 0. The molecule has 1 aromatic carbocycles. The molecule has 1 aliphatic rings. The Bertz CT molecular complexity index is 560. The van der Waals surface area contributed by atoms with Crippen LogP contribution in [0.2, 0.25) is 0 Å². The Balaban J connectivity index is 2.05. The summed E-state index contributed by atoms with van der Waals surface area (Å²) in [6, 6.07) is 6.82. The highest BCUT2D eigenvalue weighted by atomic mass is 16.5. The minimum Gasteiger partial charge on any atom is -0.480 e. The van der Waals surface area contributed by atoms with E-state index in [2.05, 4.69) is 10.6 Å². The number of nitrogens with zero attached hydrogens (tertiary/aromatic N) is 1. The van der Waals surface area contributed by atoms with Gasteiger partial charge < -0.3 is 25.0 Å². The second kappa shape index (κ2) is 8.76. The average molecular weight is 335 g/mol. The van der Waals surface area contributed by atoms with E-state index < -0.39 is 0 Å². The number of benzene rings is 1. The maximum Gasteiger partial charge on any atom is 0.258 e. The molecule has 1 aromatic rings. The van der Waals surface area contributed by atoms with E-state index in [1.54, 1.807) is 29.2 Å². The summed E-state index contributed by atoms with van der Waals surface area (Å²) in [7, 11) is 0. The van der Waals surface area contributed by atoms with Gasteiger partial charge in [-0.05, 0) is 12.1 Å². The number of para-hydroxylation sites is 2. The summed E-state index contributed by atoms with van der Waals surface area (Å²) in [5, 5.41) is 5.38. The zero-order valence-electron chi connectivity index (χ0n) is 13.5. The molecule has 8 nitrogen and oxygen atoms in total. The van der Waals surface area contributed by atoms with Gasteiger partial charge in [0.2, 0.25) is 5.91 Å². The third-order valence-electron chi connectivity index (χ3n) is 3.42. The second-order valence-corrected chi connectivity index (χ2v) is 5.23. The van der Waals surface area contributed by atoms with Gasteiger partial charge >= 0.3 is 0 Å². The van der Waals surface area contributed by atoms with Crippen LogP contribution < -0.4 is 20.1 Å². The summed E-state index contributed by atoms with van der Waals surface area (Å²) < 4.78 is 10.9. The minimum absolute atomic E-state index is 0.122. The van der Waals surface area contributed by atoms with Crippen LogP contribution in [0.5, 0.6) is 11.5 Å². The summed E-state index contributed by atoms with van der Waals surface area (Å²) in [5.74, 6) is 0.0684. The second-order valence-electron chi connectivity index (χ2n) is 5.23. The van der Waals surface area contributed by atoms with Gasteiger partial charge in [0, 0.05) is 33.1 Å². The lowest BCUT2D eigenvalue weighted by Gasteiger charge is -2.21. The van der Waals surface area contributed by atoms with Gasteiger partial charge in [-0.3, -0.25) is 14.4 Å². The molecule has 0 atom stereocenters. The van der Waals surface area contributed by atoms with Crippen LogP contribution in [0, 0.1) is 0 Å². The number of nitrogens with one attached hydrogen (secondary N) is 2. The molecule has 0 radical (unpaired) electrons. The van der Waals surface area contributed by atoms with E-state index in [0.717, 1.165) is 0 Å². The first kappa shape index (κ1) is 17.6. The third kappa shape index (κ3) is 5.45. The largest absolute Gasteiger partial charge is 0.480 e. The summed E-state index contributed by atoms with van der Waals surface area (Å²) in [4.78, 5) is 36.7. The fourth-order valence-corrected chi connectivity index (χ4v) is 2.16. The van der Waals surface area contributed by atoms with Gasteiger partial charge in [0.1, 0.15) is 0 Å². The first-order valence-corrected chi connectivity index (χ1v) is 7.70. The normalized spacial score (nSPS) is 17.1. The van der Waals surface area contributed by atoms with Crippen molar-refractivity contribution < 1.29 is 23.9 Å². The first-order valence-electron chi connectivity index (χ1n) is 7.70. The van der Waals surface area contributed by atoms with Gasteiger partial charge in [0.15, 0.2) is 24.7 Å². The van der Waals surface area contributed by atoms with Crippen molar-refractivity contribution in [1.29, 1.82) is 0 Å². The molecule has 1 aliphatic heterocycles. The van der Waals surface area contributed by atoms with E-state index in [1.807, 2.05) is 0 Å². The van der Waals surface area contributed by atoms with Gasteiger partial charge in [-0.25, -0.2) is 0 Å². The van der Waals surface area contributed by atoms with Crippen molar-refractivity contribution in [3.8, 4) is 11.5 Å². The van der Waals surface area contributed by atoms with Gasteiger partial charge in [-0.1, -0.05) is 12.1 Å². The summed E-state index contributed by atoms with van der Waals surface area (Å²) >= 11 is 0. The molecular weight excluding hydrogens is 314 g/mol. The quantitative estimate of drug-likeness (QED) is 0.669. The molecule has 1 heterocycles. The zero-order valence-corrected chi connectivity index (χ0v) is 13.5. The molecule has 8 heteroatoms. The molecule has 0 bridgehead atoms. The highest BCUT2D eigenvalue weighted by molar-refractivity contribution is 5.78. The number of hydrogen-bond donors (Lipinski definition) is 2. The van der Waals surface area contributed by atoms with E-state index >= 15 is 0 Å². The van der Waals surface area contributed by atoms with Crippen LogP contribution in [0.15, 0.2) is 24.3 Å². The Morgan fingerprint density at radius 2 is 1.42 bits per heavy atom. The Hall–Kier alpha value is -2.77. The summed E-state index contributed by atoms with van der Waals surface area (Å²) in [6.45, 7) is 2.45. The molecular formula is C16H21N3O5. The van der Waals surface area contributed by atoms with Crippen LogP contribution in [0.3, 0.4) is 0 Å². The Kier molecular flexibility index (Phi) is 6.41. The topological polar surface area (TPSA) is 97.0 Å². The molecule has 24 heavy (non-hydrogen) atoms. The third-order valence-corrected chi connectivity index (χ3v) is 3.42. The van der Waals surface area contributed by atoms with Crippen LogP contribution in [0.1, 0.15) is 6.92 Å². The number of amides is 3. The molecule has 0 fully saturated rings. The average Bonchev–Trinajstić information content (AvgIpc) is 2.57. The molecule has 2 N–H and O–H groups in total. The van der Waals surface area contributed by atoms with E-state index in [9.17, 15) is 14.4 Å². The lowest BCUT2D eigenvalue weighted by atomic mass is 10.3. The minimum atomic E-state index is -0.294. The predicted molar refractivity (Wildman–Crippen MR) is 85.7 cm³/mol. The van der Waals surface area contributed by atoms with Crippen LogP contribution in [0.4, 0.5) is 0 Å². The van der Waals surface area contributed by atoms with Crippen LogP contribution in [0.25, 0.3) is 0 Å². The summed E-state index contributed by atoms with van der Waals surface area (Å²) in [6.07, 6.45) is 0. The van der Waals surface area contributed by atoms with Crippen LogP contribution in [-0.2, 0) is 14.4 Å². The SMILES string of the molecule is CC(=O)N1CCNC(=O)COc2ccccc2OCC(=O)NCC1. The van der Waals surface area contributed by atoms with Crippen molar-refractivity contribution in [2.75, 3.05) is 39.4 Å². The zero-order chi connectivity index (χ0) is 17.4. The van der Waals surface area contributed by atoms with Gasteiger partial charge in [-0.15, -0.1) is 0 Å². The molecule has 3 amide bonds. The maximum atomic E-state index is 11.8. The number of hydrogen-bond acceptors (Lipinski definition) is 5. The number of fused-ring (bicyclic) bond motifs is 1. The van der Waals surface area contributed by atoms with Crippen LogP contribution >= 0.6 is 0 Å². The Labute approximate surface area is 140 Å². The lowest BCUT2D eigenvalue weighted by molar-refractivity contribution is -0.130. The van der Waals surface area contributed by atoms with Crippen molar-refractivity contribution in [1.82, 2.24) is 15.5 Å². The molecule has 0 unspecified atom stereocenters. The number of rotatable bonds is 0. The molecule has 0 aliphatic carbocycles. The van der Waals surface area contributed by atoms with Crippen molar-refractivity contribution >= 4 is 17.7 Å². The molecule has 0 saturated heterocycles. The van der Waals surface area contributed by atoms with E-state index in [0.29, 0.717) is 37.7 Å². The van der Waals surface area contributed by atoms with E-state index in [1.165, 1.54) is 6.92 Å². The molecule has 0 spiro atoms. The van der Waals surface area contributed by atoms with E-state index in [-0.39, 0.29) is 30.9 Å². The van der Waals surface area contributed by atoms with Crippen molar-refractivity contribution in [2.24, 2.45) is 0 Å². The number of carbonyl (C=O) groups is 3. The Morgan fingerprint density at radius 3 is 1.83 bits per heavy atom. The predicted octanol–water partition coefficient (Wildman–Crippen LogP) is -0.461. The van der Waals surface area contributed by atoms with Gasteiger partial charge in [0.25, 0.3) is 11.8 Å². The smallest absolute Gasteiger partial charge is 0.258 e. The lowest BCUT2D eigenvalue weighted by Crippen LogP contribution is -2.42. The van der Waals surface area contributed by atoms with Gasteiger partial charge in [0.05, 0.1) is 0 Å². The standard InChI is InChI=1S/C16H21N3O5/c1-12(20)19-8-6-17-15(21)10-23-13-4-2-3-5-14(13)24-11-16(22)18-7-9-19/h2-5H,6-11H2,1H3,(H,17,21)(H,18,22). The molecule has 0 saturated carbocycles.